The first-order chi connectivity index (χ1) is 9.20. The Morgan fingerprint density at radius 1 is 0.550 bits per heavy atom. The molecule has 2 rings (SSSR count). The average Bonchev–Trinajstić information content (AvgIpc) is 2.37. The van der Waals surface area contributed by atoms with Gasteiger partial charge in [0.2, 0.25) is 0 Å². The zero-order valence-electron chi connectivity index (χ0n) is 13.8. The molecule has 0 amide bonds. The fraction of sp³-hybridized carbons (Fsp3) is 0.444. The SMILES string of the molecule is Cc1c(C)c(C)c2c(C)c(S(C)=O)c(C)c(C)c2c1C. The highest BCUT2D eigenvalue weighted by atomic mass is 32.2. The van der Waals surface area contributed by atoms with Gasteiger partial charge in [-0.05, 0) is 98.2 Å². The van der Waals surface area contributed by atoms with Gasteiger partial charge in [0.15, 0.2) is 0 Å². The number of fused-ring (bicyclic) bond motifs is 1. The van der Waals surface area contributed by atoms with Crippen molar-refractivity contribution in [3.8, 4) is 0 Å². The molecule has 0 aliphatic carbocycles. The number of benzene rings is 2. The van der Waals surface area contributed by atoms with Crippen LogP contribution in [-0.4, -0.2) is 10.5 Å². The lowest BCUT2D eigenvalue weighted by Crippen LogP contribution is -2.04. The summed E-state index contributed by atoms with van der Waals surface area (Å²) in [5, 5.41) is 2.66. The second-order valence-electron chi connectivity index (χ2n) is 5.91. The highest BCUT2D eigenvalue weighted by molar-refractivity contribution is 7.84. The van der Waals surface area contributed by atoms with Crippen molar-refractivity contribution >= 4 is 21.6 Å². The largest absolute Gasteiger partial charge is 0.255 e. The Labute approximate surface area is 124 Å². The molecule has 2 aromatic carbocycles. The van der Waals surface area contributed by atoms with Crippen LogP contribution in [0.3, 0.4) is 0 Å². The van der Waals surface area contributed by atoms with E-state index in [4.69, 9.17) is 0 Å². The van der Waals surface area contributed by atoms with E-state index in [9.17, 15) is 4.21 Å². The molecule has 0 bridgehead atoms. The van der Waals surface area contributed by atoms with E-state index in [0.717, 1.165) is 4.90 Å². The first kappa shape index (κ1) is 15.2. The van der Waals surface area contributed by atoms with Gasteiger partial charge in [0.1, 0.15) is 0 Å². The molecule has 0 aliphatic heterocycles. The molecule has 0 fully saturated rings. The molecule has 1 atom stereocenters. The van der Waals surface area contributed by atoms with Gasteiger partial charge in [0.25, 0.3) is 0 Å². The summed E-state index contributed by atoms with van der Waals surface area (Å²) in [7, 11) is -0.945. The minimum atomic E-state index is -0.945. The van der Waals surface area contributed by atoms with Crippen LogP contribution in [0.4, 0.5) is 0 Å². The molecule has 108 valence electrons. The number of rotatable bonds is 1. The summed E-state index contributed by atoms with van der Waals surface area (Å²) in [6.45, 7) is 15.2. The van der Waals surface area contributed by atoms with Crippen LogP contribution in [0.5, 0.6) is 0 Å². The topological polar surface area (TPSA) is 17.1 Å². The fourth-order valence-corrected chi connectivity index (χ4v) is 4.55. The van der Waals surface area contributed by atoms with Crippen LogP contribution < -0.4 is 0 Å². The highest BCUT2D eigenvalue weighted by Gasteiger charge is 2.19. The fourth-order valence-electron chi connectivity index (χ4n) is 3.43. The average molecular weight is 288 g/mol. The number of aryl methyl sites for hydroxylation is 4. The summed E-state index contributed by atoms with van der Waals surface area (Å²) < 4.78 is 12.1. The Morgan fingerprint density at radius 2 is 0.900 bits per heavy atom. The van der Waals surface area contributed by atoms with Crippen molar-refractivity contribution in [1.29, 1.82) is 0 Å². The van der Waals surface area contributed by atoms with E-state index in [1.54, 1.807) is 6.26 Å². The zero-order chi connectivity index (χ0) is 15.4. The van der Waals surface area contributed by atoms with Crippen molar-refractivity contribution in [2.45, 2.75) is 53.4 Å². The summed E-state index contributed by atoms with van der Waals surface area (Å²) >= 11 is 0. The normalized spacial score (nSPS) is 13.0. The first-order valence-electron chi connectivity index (χ1n) is 7.03. The van der Waals surface area contributed by atoms with Crippen LogP contribution in [0.1, 0.15) is 38.9 Å². The highest BCUT2D eigenvalue weighted by Crippen LogP contribution is 2.38. The minimum absolute atomic E-state index is 0.945. The predicted octanol–water partition coefficient (Wildman–Crippen LogP) is 4.74. The molecular formula is C18H24OS. The summed E-state index contributed by atoms with van der Waals surface area (Å²) in [6.07, 6.45) is 1.78. The molecule has 0 saturated carbocycles. The Bertz CT molecular complexity index is 755. The molecule has 0 aromatic heterocycles. The molecular weight excluding hydrogens is 264 g/mol. The van der Waals surface area contributed by atoms with Gasteiger partial charge >= 0.3 is 0 Å². The molecule has 0 aliphatic rings. The van der Waals surface area contributed by atoms with E-state index < -0.39 is 10.8 Å². The van der Waals surface area contributed by atoms with Crippen molar-refractivity contribution in [2.75, 3.05) is 6.26 Å². The molecule has 1 nitrogen and oxygen atoms in total. The molecule has 0 heterocycles. The summed E-state index contributed by atoms with van der Waals surface area (Å²) in [5.74, 6) is 0. The third-order valence-corrected chi connectivity index (χ3v) is 6.16. The quantitative estimate of drug-likeness (QED) is 0.741. The molecule has 0 spiro atoms. The van der Waals surface area contributed by atoms with Crippen molar-refractivity contribution in [2.24, 2.45) is 0 Å². The van der Waals surface area contributed by atoms with Crippen molar-refractivity contribution < 1.29 is 4.21 Å². The van der Waals surface area contributed by atoms with Crippen molar-refractivity contribution in [1.82, 2.24) is 0 Å². The van der Waals surface area contributed by atoms with Gasteiger partial charge in [-0.15, -0.1) is 0 Å². The monoisotopic (exact) mass is 288 g/mol. The second-order valence-corrected chi connectivity index (χ2v) is 7.22. The summed E-state index contributed by atoms with van der Waals surface area (Å²) in [4.78, 5) is 1.01. The molecule has 0 N–H and O–H groups in total. The maximum absolute atomic E-state index is 12.1. The lowest BCUT2D eigenvalue weighted by Gasteiger charge is -2.21. The maximum atomic E-state index is 12.1. The van der Waals surface area contributed by atoms with Gasteiger partial charge < -0.3 is 0 Å². The van der Waals surface area contributed by atoms with Crippen LogP contribution >= 0.6 is 0 Å². The van der Waals surface area contributed by atoms with E-state index in [1.165, 1.54) is 49.7 Å². The van der Waals surface area contributed by atoms with Gasteiger partial charge in [-0.25, -0.2) is 0 Å². The lowest BCUT2D eigenvalue weighted by atomic mass is 9.86. The van der Waals surface area contributed by atoms with Crippen LogP contribution in [0.25, 0.3) is 10.8 Å². The van der Waals surface area contributed by atoms with Gasteiger partial charge in [0, 0.05) is 11.2 Å². The standard InChI is InChI=1S/C18H24OS/c1-9-10(2)12(4)17-15(7)18(20(8)19)14(6)13(5)16(17)11(9)3/h1-8H3. The van der Waals surface area contributed by atoms with Crippen LogP contribution in [0, 0.1) is 48.5 Å². The van der Waals surface area contributed by atoms with Crippen molar-refractivity contribution in [3.63, 3.8) is 0 Å². The predicted molar refractivity (Wildman–Crippen MR) is 89.4 cm³/mol. The minimum Gasteiger partial charge on any atom is -0.255 e. The molecule has 2 aromatic rings. The van der Waals surface area contributed by atoms with Gasteiger partial charge in [0.05, 0.1) is 10.8 Å². The Morgan fingerprint density at radius 3 is 1.30 bits per heavy atom. The van der Waals surface area contributed by atoms with Crippen LogP contribution in [0.15, 0.2) is 4.90 Å². The first-order valence-corrected chi connectivity index (χ1v) is 8.59. The number of hydrogen-bond donors (Lipinski definition) is 0. The third kappa shape index (κ3) is 1.93. The van der Waals surface area contributed by atoms with E-state index in [2.05, 4.69) is 48.5 Å². The molecule has 1 unspecified atom stereocenters. The Balaban J connectivity index is 3.21. The number of hydrogen-bond acceptors (Lipinski definition) is 1. The smallest absolute Gasteiger partial charge is 0.0503 e. The van der Waals surface area contributed by atoms with Gasteiger partial charge in [-0.2, -0.15) is 0 Å². The van der Waals surface area contributed by atoms with Gasteiger partial charge in [-0.1, -0.05) is 0 Å². The molecule has 0 radical (unpaired) electrons. The zero-order valence-corrected chi connectivity index (χ0v) is 14.6. The van der Waals surface area contributed by atoms with E-state index in [1.807, 2.05) is 0 Å². The van der Waals surface area contributed by atoms with Crippen molar-refractivity contribution in [3.05, 3.63) is 38.9 Å². The van der Waals surface area contributed by atoms with E-state index in [-0.39, 0.29) is 0 Å². The third-order valence-electron chi connectivity index (χ3n) is 4.97. The Kier molecular flexibility index (Phi) is 3.81. The second kappa shape index (κ2) is 5.00. The molecule has 0 saturated heterocycles. The maximum Gasteiger partial charge on any atom is 0.0503 e. The lowest BCUT2D eigenvalue weighted by molar-refractivity contribution is 0.686. The molecule has 2 heteroatoms. The van der Waals surface area contributed by atoms with E-state index >= 15 is 0 Å². The summed E-state index contributed by atoms with van der Waals surface area (Å²) in [5.41, 5.74) is 9.07. The van der Waals surface area contributed by atoms with Crippen LogP contribution in [-0.2, 0) is 10.8 Å². The van der Waals surface area contributed by atoms with Crippen LogP contribution in [0.2, 0.25) is 0 Å². The Hall–Kier alpha value is -1.15. The van der Waals surface area contributed by atoms with E-state index in [0.29, 0.717) is 0 Å². The van der Waals surface area contributed by atoms with Gasteiger partial charge in [-0.3, -0.25) is 4.21 Å². The molecule has 20 heavy (non-hydrogen) atoms. The summed E-state index contributed by atoms with van der Waals surface area (Å²) in [6, 6.07) is 0.